The first-order valence-corrected chi connectivity index (χ1v) is 17.8. The maximum atomic E-state index is 6.07. The van der Waals surface area contributed by atoms with Crippen LogP contribution < -0.4 is 0 Å². The zero-order valence-electron chi connectivity index (χ0n) is 27.4. The van der Waals surface area contributed by atoms with E-state index in [1.54, 1.807) is 18.0 Å². The van der Waals surface area contributed by atoms with Gasteiger partial charge in [0.1, 0.15) is 16.7 Å². The molecule has 10 aromatic rings. The quantitative estimate of drug-likeness (QED) is 0.176. The van der Waals surface area contributed by atoms with Gasteiger partial charge in [0.15, 0.2) is 5.58 Å². The zero-order chi connectivity index (χ0) is 33.7. The summed E-state index contributed by atoms with van der Waals surface area (Å²) in [5.74, 6) is 0. The van der Waals surface area contributed by atoms with E-state index in [1.165, 1.54) is 48.7 Å². The van der Waals surface area contributed by atoms with E-state index >= 15 is 0 Å². The molecule has 0 fully saturated rings. The van der Waals surface area contributed by atoms with Gasteiger partial charge >= 0.3 is 0 Å². The van der Waals surface area contributed by atoms with Gasteiger partial charge in [-0.3, -0.25) is 4.98 Å². The number of aromatic nitrogens is 1. The third kappa shape index (κ3) is 5.47. The summed E-state index contributed by atoms with van der Waals surface area (Å²) in [7, 11) is 0. The number of hydrogen-bond donors (Lipinski definition) is 0. The number of para-hydroxylation sites is 1. The van der Waals surface area contributed by atoms with Gasteiger partial charge in [0, 0.05) is 37.5 Å². The Balaban J connectivity index is 0.920. The smallest absolute Gasteiger partial charge is 0.153 e. The molecule has 0 N–H and O–H groups in total. The van der Waals surface area contributed by atoms with Crippen LogP contribution in [0, 0.1) is 0 Å². The minimum atomic E-state index is 0.810. The average Bonchev–Trinajstić information content (AvgIpc) is 3.76. The normalized spacial score (nSPS) is 11.6. The molecular weight excluding hydrogens is 643 g/mol. The van der Waals surface area contributed by atoms with E-state index in [9.17, 15) is 0 Å². The molecule has 3 aromatic heterocycles. The summed E-state index contributed by atoms with van der Waals surface area (Å²) >= 11 is 1.79. The van der Waals surface area contributed by atoms with Crippen molar-refractivity contribution in [3.63, 3.8) is 0 Å². The topological polar surface area (TPSA) is 39.2 Å². The highest BCUT2D eigenvalue weighted by atomic mass is 32.2. The molecule has 0 spiro atoms. The Bertz CT molecular complexity index is 2720. The first kappa shape index (κ1) is 29.5. The molecule has 0 aliphatic rings. The number of hydrogen-bond acceptors (Lipinski definition) is 4. The third-order valence-corrected chi connectivity index (χ3v) is 10.6. The van der Waals surface area contributed by atoms with Crippen molar-refractivity contribution < 1.29 is 8.83 Å². The number of benzene rings is 7. The molecule has 0 amide bonds. The third-order valence-electron chi connectivity index (χ3n) is 9.61. The standard InChI is InChI=1S/C47H29NO2S/c1-2-16-44-40(15-1)42-27-36(17-19-45(42)49-44)32-9-3-7-30(23-32)34-11-5-13-38(25-34)51-39-14-6-12-35(26-39)31-8-4-10-33(24-31)37-18-20-46-43(28-37)41-21-22-48-29-47(41)50-46/h1-29H. The van der Waals surface area contributed by atoms with E-state index in [4.69, 9.17) is 8.83 Å². The SMILES string of the molecule is c1cc(Sc2cccc(-c3cccc(-c4ccc5oc6cnccc6c5c4)c3)c2)cc(-c2cccc(-c3ccc4oc5ccccc5c4c3)c2)c1. The largest absolute Gasteiger partial charge is 0.456 e. The number of furan rings is 2. The van der Waals surface area contributed by atoms with Crippen molar-refractivity contribution in [2.24, 2.45) is 0 Å². The fourth-order valence-corrected chi connectivity index (χ4v) is 8.03. The maximum Gasteiger partial charge on any atom is 0.153 e. The molecule has 4 heteroatoms. The minimum Gasteiger partial charge on any atom is -0.456 e. The van der Waals surface area contributed by atoms with Gasteiger partial charge in [-0.1, -0.05) is 103 Å². The van der Waals surface area contributed by atoms with Crippen molar-refractivity contribution in [3.8, 4) is 44.5 Å². The van der Waals surface area contributed by atoms with Crippen LogP contribution >= 0.6 is 11.8 Å². The van der Waals surface area contributed by atoms with Crippen molar-refractivity contribution >= 4 is 55.6 Å². The van der Waals surface area contributed by atoms with E-state index in [0.717, 1.165) is 49.4 Å². The lowest BCUT2D eigenvalue weighted by atomic mass is 9.98. The zero-order valence-corrected chi connectivity index (χ0v) is 28.2. The molecule has 0 aliphatic heterocycles. The molecule has 0 aliphatic carbocycles. The lowest BCUT2D eigenvalue weighted by molar-refractivity contribution is 0.667. The lowest BCUT2D eigenvalue weighted by Gasteiger charge is -2.10. The van der Waals surface area contributed by atoms with Gasteiger partial charge in [-0.2, -0.15) is 0 Å². The Morgan fingerprint density at radius 2 is 0.784 bits per heavy atom. The fourth-order valence-electron chi connectivity index (χ4n) is 7.09. The predicted octanol–water partition coefficient (Wildman–Crippen LogP) is 13.7. The second-order valence-corrected chi connectivity index (χ2v) is 14.0. The molecule has 0 radical (unpaired) electrons. The number of pyridine rings is 1. The second-order valence-electron chi connectivity index (χ2n) is 12.8. The van der Waals surface area contributed by atoms with Crippen LogP contribution in [0.4, 0.5) is 0 Å². The minimum absolute atomic E-state index is 0.810. The van der Waals surface area contributed by atoms with Crippen molar-refractivity contribution in [1.29, 1.82) is 0 Å². The van der Waals surface area contributed by atoms with Crippen LogP contribution in [0.3, 0.4) is 0 Å². The summed E-state index contributed by atoms with van der Waals surface area (Å²) in [6, 6.07) is 58.3. The summed E-state index contributed by atoms with van der Waals surface area (Å²) in [4.78, 5) is 6.61. The van der Waals surface area contributed by atoms with Gasteiger partial charge in [0.25, 0.3) is 0 Å². The number of rotatable bonds is 6. The van der Waals surface area contributed by atoms with Crippen molar-refractivity contribution in [2.75, 3.05) is 0 Å². The highest BCUT2D eigenvalue weighted by Crippen LogP contribution is 2.38. The average molecular weight is 672 g/mol. The Hall–Kier alpha value is -6.36. The van der Waals surface area contributed by atoms with Gasteiger partial charge in [0.2, 0.25) is 0 Å². The van der Waals surface area contributed by atoms with Gasteiger partial charge < -0.3 is 8.83 Å². The lowest BCUT2D eigenvalue weighted by Crippen LogP contribution is -1.84. The number of fused-ring (bicyclic) bond motifs is 6. The molecule has 7 aromatic carbocycles. The molecule has 0 bridgehead atoms. The molecular formula is C47H29NO2S. The van der Waals surface area contributed by atoms with Crippen LogP contribution in [0.2, 0.25) is 0 Å². The summed E-state index contributed by atoms with van der Waals surface area (Å²) in [6.45, 7) is 0. The summed E-state index contributed by atoms with van der Waals surface area (Å²) < 4.78 is 12.1. The van der Waals surface area contributed by atoms with Crippen LogP contribution in [0.5, 0.6) is 0 Å². The first-order chi connectivity index (χ1) is 25.2. The Kier molecular flexibility index (Phi) is 7.07. The van der Waals surface area contributed by atoms with Crippen LogP contribution in [0.15, 0.2) is 195 Å². The van der Waals surface area contributed by atoms with Crippen LogP contribution in [0.1, 0.15) is 0 Å². The highest BCUT2D eigenvalue weighted by molar-refractivity contribution is 7.99. The molecule has 0 unspecified atom stereocenters. The molecule has 10 rings (SSSR count). The molecule has 240 valence electrons. The molecule has 3 heterocycles. The second kappa shape index (κ2) is 12.2. The van der Waals surface area contributed by atoms with Crippen molar-refractivity contribution in [2.45, 2.75) is 9.79 Å². The van der Waals surface area contributed by atoms with Crippen molar-refractivity contribution in [1.82, 2.24) is 4.98 Å². The monoisotopic (exact) mass is 671 g/mol. The number of nitrogens with zero attached hydrogens (tertiary/aromatic N) is 1. The molecule has 0 saturated carbocycles. The van der Waals surface area contributed by atoms with E-state index in [-0.39, 0.29) is 0 Å². The van der Waals surface area contributed by atoms with Gasteiger partial charge in [-0.05, 0) is 117 Å². The van der Waals surface area contributed by atoms with E-state index in [0.29, 0.717) is 0 Å². The van der Waals surface area contributed by atoms with Gasteiger partial charge in [0.05, 0.1) is 6.20 Å². The Morgan fingerprint density at radius 3 is 1.37 bits per heavy atom. The molecule has 51 heavy (non-hydrogen) atoms. The fraction of sp³-hybridized carbons (Fsp3) is 0. The summed E-state index contributed by atoms with van der Waals surface area (Å²) in [5, 5.41) is 4.47. The highest BCUT2D eigenvalue weighted by Gasteiger charge is 2.12. The summed E-state index contributed by atoms with van der Waals surface area (Å²) in [5.41, 5.74) is 13.0. The predicted molar refractivity (Wildman–Crippen MR) is 211 cm³/mol. The van der Waals surface area contributed by atoms with Crippen LogP contribution in [-0.4, -0.2) is 4.98 Å². The maximum absolute atomic E-state index is 6.07. The molecule has 3 nitrogen and oxygen atoms in total. The van der Waals surface area contributed by atoms with Crippen LogP contribution in [-0.2, 0) is 0 Å². The van der Waals surface area contributed by atoms with Crippen molar-refractivity contribution in [3.05, 3.63) is 176 Å². The van der Waals surface area contributed by atoms with Gasteiger partial charge in [-0.25, -0.2) is 0 Å². The van der Waals surface area contributed by atoms with Gasteiger partial charge in [-0.15, -0.1) is 0 Å². The van der Waals surface area contributed by atoms with E-state index in [1.807, 2.05) is 24.4 Å². The molecule has 0 atom stereocenters. The van der Waals surface area contributed by atoms with Crippen LogP contribution in [0.25, 0.3) is 88.4 Å². The first-order valence-electron chi connectivity index (χ1n) is 17.0. The van der Waals surface area contributed by atoms with E-state index in [2.05, 4.69) is 151 Å². The Labute approximate surface area is 298 Å². The molecule has 0 saturated heterocycles. The van der Waals surface area contributed by atoms with E-state index < -0.39 is 0 Å². The Morgan fingerprint density at radius 1 is 0.333 bits per heavy atom. The summed E-state index contributed by atoms with van der Waals surface area (Å²) in [6.07, 6.45) is 3.59.